The summed E-state index contributed by atoms with van der Waals surface area (Å²) in [6.45, 7) is 13.1. The Morgan fingerprint density at radius 1 is 1.16 bits per heavy atom. The van der Waals surface area contributed by atoms with Gasteiger partial charge >= 0.3 is 0 Å². The molecular weight excluding hydrogens is 252 g/mol. The van der Waals surface area contributed by atoms with E-state index in [1.54, 1.807) is 0 Å². The van der Waals surface area contributed by atoms with Crippen molar-refractivity contribution in [1.29, 1.82) is 0 Å². The molecule has 1 N–H and O–H groups in total. The lowest BCUT2D eigenvalue weighted by Gasteiger charge is -2.39. The second-order valence-electron chi connectivity index (χ2n) is 6.86. The SMILES string of the molecule is CC(O)CC(O[Si](C)(C)C(C)(C)C)c1ccccc1. The van der Waals surface area contributed by atoms with Crippen LogP contribution in [0.25, 0.3) is 0 Å². The normalized spacial score (nSPS) is 16.2. The van der Waals surface area contributed by atoms with Crippen LogP contribution in [0.2, 0.25) is 18.1 Å². The maximum atomic E-state index is 9.72. The molecule has 1 rings (SSSR count). The summed E-state index contributed by atoms with van der Waals surface area (Å²) >= 11 is 0. The lowest BCUT2D eigenvalue weighted by Crippen LogP contribution is -2.42. The summed E-state index contributed by atoms with van der Waals surface area (Å²) in [7, 11) is -1.83. The Kier molecular flexibility index (Phi) is 5.36. The Hall–Kier alpha value is -0.643. The molecule has 0 amide bonds. The van der Waals surface area contributed by atoms with Crippen LogP contribution in [0.3, 0.4) is 0 Å². The smallest absolute Gasteiger partial charge is 0.192 e. The van der Waals surface area contributed by atoms with Crippen molar-refractivity contribution in [2.75, 3.05) is 0 Å². The van der Waals surface area contributed by atoms with Gasteiger partial charge in [-0.1, -0.05) is 51.1 Å². The predicted molar refractivity (Wildman–Crippen MR) is 83.8 cm³/mol. The van der Waals surface area contributed by atoms with Gasteiger partial charge in [0.15, 0.2) is 8.32 Å². The molecule has 2 atom stereocenters. The van der Waals surface area contributed by atoms with E-state index < -0.39 is 8.32 Å². The lowest BCUT2D eigenvalue weighted by molar-refractivity contribution is 0.0966. The second-order valence-corrected chi connectivity index (χ2v) is 11.6. The van der Waals surface area contributed by atoms with E-state index in [2.05, 4.69) is 46.0 Å². The quantitative estimate of drug-likeness (QED) is 0.804. The molecule has 1 aromatic rings. The summed E-state index contributed by atoms with van der Waals surface area (Å²) in [6.07, 6.45) is 0.286. The van der Waals surface area contributed by atoms with Gasteiger partial charge in [-0.05, 0) is 30.6 Å². The maximum Gasteiger partial charge on any atom is 0.192 e. The molecule has 108 valence electrons. The number of aliphatic hydroxyl groups is 1. The maximum absolute atomic E-state index is 9.72. The number of hydrogen-bond donors (Lipinski definition) is 1. The van der Waals surface area contributed by atoms with Crippen molar-refractivity contribution < 1.29 is 9.53 Å². The van der Waals surface area contributed by atoms with Crippen LogP contribution >= 0.6 is 0 Å². The highest BCUT2D eigenvalue weighted by molar-refractivity contribution is 6.74. The largest absolute Gasteiger partial charge is 0.410 e. The highest BCUT2D eigenvalue weighted by Gasteiger charge is 2.39. The van der Waals surface area contributed by atoms with Crippen LogP contribution in [-0.2, 0) is 4.43 Å². The van der Waals surface area contributed by atoms with Crippen molar-refractivity contribution in [2.24, 2.45) is 0 Å². The highest BCUT2D eigenvalue weighted by atomic mass is 28.4. The van der Waals surface area contributed by atoms with Crippen LogP contribution in [0.5, 0.6) is 0 Å². The Labute approximate surface area is 118 Å². The molecule has 0 saturated heterocycles. The fourth-order valence-corrected chi connectivity index (χ4v) is 3.06. The summed E-state index contributed by atoms with van der Waals surface area (Å²) in [5, 5.41) is 9.90. The van der Waals surface area contributed by atoms with Crippen LogP contribution in [0.15, 0.2) is 30.3 Å². The molecule has 2 unspecified atom stereocenters. The summed E-state index contributed by atoms with van der Waals surface area (Å²) in [6, 6.07) is 10.2. The molecule has 0 aliphatic rings. The van der Waals surface area contributed by atoms with E-state index in [4.69, 9.17) is 4.43 Å². The third kappa shape index (κ3) is 4.75. The van der Waals surface area contributed by atoms with Crippen LogP contribution in [0.4, 0.5) is 0 Å². The van der Waals surface area contributed by atoms with Gasteiger partial charge in [0.05, 0.1) is 12.2 Å². The summed E-state index contributed by atoms with van der Waals surface area (Å²) in [5.41, 5.74) is 1.16. The van der Waals surface area contributed by atoms with Gasteiger partial charge in [0.2, 0.25) is 0 Å². The number of benzene rings is 1. The van der Waals surface area contributed by atoms with Gasteiger partial charge < -0.3 is 9.53 Å². The van der Waals surface area contributed by atoms with Crippen LogP contribution in [0.1, 0.15) is 45.8 Å². The fourth-order valence-electron chi connectivity index (χ4n) is 1.76. The highest BCUT2D eigenvalue weighted by Crippen LogP contribution is 2.40. The topological polar surface area (TPSA) is 29.5 Å². The Balaban J connectivity index is 2.94. The average Bonchev–Trinajstić information content (AvgIpc) is 2.27. The van der Waals surface area contributed by atoms with E-state index in [9.17, 15) is 5.11 Å². The number of rotatable bonds is 5. The zero-order valence-electron chi connectivity index (χ0n) is 13.1. The molecule has 0 bridgehead atoms. The molecule has 19 heavy (non-hydrogen) atoms. The molecule has 0 heterocycles. The molecule has 0 radical (unpaired) electrons. The first-order valence-electron chi connectivity index (χ1n) is 7.04. The van der Waals surface area contributed by atoms with Crippen molar-refractivity contribution in [1.82, 2.24) is 0 Å². The first-order chi connectivity index (χ1) is 8.63. The summed E-state index contributed by atoms with van der Waals surface area (Å²) < 4.78 is 6.48. The predicted octanol–water partition coefficient (Wildman–Crippen LogP) is 4.52. The van der Waals surface area contributed by atoms with Crippen molar-refractivity contribution in [3.63, 3.8) is 0 Å². The van der Waals surface area contributed by atoms with E-state index in [0.717, 1.165) is 5.56 Å². The van der Waals surface area contributed by atoms with Crippen molar-refractivity contribution in [3.05, 3.63) is 35.9 Å². The monoisotopic (exact) mass is 280 g/mol. The first kappa shape index (κ1) is 16.4. The fraction of sp³-hybridized carbons (Fsp3) is 0.625. The molecule has 0 spiro atoms. The van der Waals surface area contributed by atoms with Crippen molar-refractivity contribution >= 4 is 8.32 Å². The lowest BCUT2D eigenvalue weighted by atomic mass is 10.0. The van der Waals surface area contributed by atoms with Gasteiger partial charge in [-0.3, -0.25) is 0 Å². The van der Waals surface area contributed by atoms with Gasteiger partial charge in [-0.25, -0.2) is 0 Å². The molecule has 0 fully saturated rings. The molecule has 0 aliphatic carbocycles. The minimum Gasteiger partial charge on any atom is -0.410 e. The molecule has 0 saturated carbocycles. The molecule has 0 aliphatic heterocycles. The van der Waals surface area contributed by atoms with Gasteiger partial charge in [0, 0.05) is 6.42 Å². The van der Waals surface area contributed by atoms with Crippen molar-refractivity contribution in [3.8, 4) is 0 Å². The molecule has 2 nitrogen and oxygen atoms in total. The standard InChI is InChI=1S/C16H28O2Si/c1-13(17)12-15(14-10-8-7-9-11-14)18-19(5,6)16(2,3)4/h7-11,13,15,17H,12H2,1-6H3. The zero-order valence-corrected chi connectivity index (χ0v) is 14.1. The van der Waals surface area contributed by atoms with Gasteiger partial charge in [0.25, 0.3) is 0 Å². The first-order valence-corrected chi connectivity index (χ1v) is 9.95. The minimum atomic E-state index is -1.83. The Bertz CT molecular complexity index is 379. The van der Waals surface area contributed by atoms with Gasteiger partial charge in [0.1, 0.15) is 0 Å². The summed E-state index contributed by atoms with van der Waals surface area (Å²) in [5.74, 6) is 0. The third-order valence-corrected chi connectivity index (χ3v) is 8.46. The van der Waals surface area contributed by atoms with E-state index in [0.29, 0.717) is 6.42 Å². The second kappa shape index (κ2) is 6.20. The molecule has 1 aromatic carbocycles. The minimum absolute atomic E-state index is 0.0120. The molecule has 0 aromatic heterocycles. The molecule has 3 heteroatoms. The van der Waals surface area contributed by atoms with Crippen LogP contribution in [-0.4, -0.2) is 19.5 Å². The molecular formula is C16H28O2Si. The Morgan fingerprint density at radius 2 is 1.68 bits per heavy atom. The van der Waals surface area contributed by atoms with Crippen LogP contribution in [0, 0.1) is 0 Å². The average molecular weight is 280 g/mol. The van der Waals surface area contributed by atoms with E-state index in [1.807, 2.05) is 25.1 Å². The van der Waals surface area contributed by atoms with Crippen LogP contribution < -0.4 is 0 Å². The zero-order chi connectivity index (χ0) is 14.7. The van der Waals surface area contributed by atoms with E-state index in [-0.39, 0.29) is 17.2 Å². The Morgan fingerprint density at radius 3 is 2.11 bits per heavy atom. The van der Waals surface area contributed by atoms with Gasteiger partial charge in [-0.15, -0.1) is 0 Å². The summed E-state index contributed by atoms with van der Waals surface area (Å²) in [4.78, 5) is 0. The van der Waals surface area contributed by atoms with E-state index in [1.165, 1.54) is 0 Å². The van der Waals surface area contributed by atoms with Crippen molar-refractivity contribution in [2.45, 2.75) is 64.5 Å². The number of hydrogen-bond acceptors (Lipinski definition) is 2. The third-order valence-electron chi connectivity index (χ3n) is 3.97. The van der Waals surface area contributed by atoms with Gasteiger partial charge in [-0.2, -0.15) is 0 Å². The number of aliphatic hydroxyl groups excluding tert-OH is 1. The van der Waals surface area contributed by atoms with E-state index >= 15 is 0 Å².